The quantitative estimate of drug-likeness (QED) is 0.447. The van der Waals surface area contributed by atoms with Gasteiger partial charge in [-0.05, 0) is 6.42 Å². The van der Waals surface area contributed by atoms with Gasteiger partial charge in [0, 0.05) is 0 Å². The number of aliphatic hydroxyl groups excluding tert-OH is 1. The fourth-order valence-electron chi connectivity index (χ4n) is 0.349. The number of rotatable bonds is 4. The van der Waals surface area contributed by atoms with Gasteiger partial charge in [-0.2, -0.15) is 0 Å². The third-order valence-corrected chi connectivity index (χ3v) is 0.876. The first kappa shape index (κ1) is 8.39. The summed E-state index contributed by atoms with van der Waals surface area (Å²) in [6.45, 7) is 1.58. The summed E-state index contributed by atoms with van der Waals surface area (Å²) >= 11 is 0. The summed E-state index contributed by atoms with van der Waals surface area (Å²) in [5, 5.41) is 19.2. The molecule has 0 aliphatic carbocycles. The Morgan fingerprint density at radius 3 is 2.67 bits per heavy atom. The molecule has 0 fully saturated rings. The first-order chi connectivity index (χ1) is 4.16. The molecule has 0 radical (unpaired) electrons. The van der Waals surface area contributed by atoms with Gasteiger partial charge in [-0.1, -0.05) is 6.92 Å². The van der Waals surface area contributed by atoms with Crippen molar-refractivity contribution >= 4 is 5.97 Å². The van der Waals surface area contributed by atoms with Gasteiger partial charge in [0.05, 0.1) is 6.54 Å². The molecule has 0 aromatic carbocycles. The molecule has 0 spiro atoms. The van der Waals surface area contributed by atoms with E-state index in [0.717, 1.165) is 0 Å². The number of carbonyl (C=O) groups is 1. The Labute approximate surface area is 53.5 Å². The second-order valence-corrected chi connectivity index (χ2v) is 1.70. The van der Waals surface area contributed by atoms with Crippen molar-refractivity contribution < 1.29 is 15.0 Å². The van der Waals surface area contributed by atoms with Crippen molar-refractivity contribution in [1.29, 1.82) is 0 Å². The smallest absolute Gasteiger partial charge is 0.317 e. The summed E-state index contributed by atoms with van der Waals surface area (Å²) in [5.41, 5.74) is 0. The third-order valence-electron chi connectivity index (χ3n) is 0.876. The number of nitrogens with one attached hydrogen (secondary N) is 1. The van der Waals surface area contributed by atoms with Crippen molar-refractivity contribution in [2.24, 2.45) is 0 Å². The van der Waals surface area contributed by atoms with E-state index in [1.165, 1.54) is 0 Å². The summed E-state index contributed by atoms with van der Waals surface area (Å²) in [5.74, 6) is -0.956. The standard InChI is InChI=1S/C5H11NO3/c1-2-4(7)6-3-5(8)9/h4,6-7H,2-3H2,1H3,(H,8,9). The predicted molar refractivity (Wildman–Crippen MR) is 31.9 cm³/mol. The Morgan fingerprint density at radius 1 is 1.78 bits per heavy atom. The molecule has 54 valence electrons. The number of aliphatic hydroxyl groups is 1. The van der Waals surface area contributed by atoms with Crippen LogP contribution in [0.3, 0.4) is 0 Å². The van der Waals surface area contributed by atoms with Crippen molar-refractivity contribution in [1.82, 2.24) is 5.32 Å². The Kier molecular flexibility index (Phi) is 4.00. The predicted octanol–water partition coefficient (Wildman–Crippen LogP) is -0.611. The topological polar surface area (TPSA) is 69.6 Å². The molecule has 1 unspecified atom stereocenters. The summed E-state index contributed by atoms with van der Waals surface area (Å²) in [6, 6.07) is 0. The maximum absolute atomic E-state index is 9.85. The summed E-state index contributed by atoms with van der Waals surface area (Å²) in [6.07, 6.45) is -0.172. The first-order valence-electron chi connectivity index (χ1n) is 2.80. The lowest BCUT2D eigenvalue weighted by molar-refractivity contribution is -0.136. The summed E-state index contributed by atoms with van der Waals surface area (Å²) < 4.78 is 0. The maximum atomic E-state index is 9.85. The number of hydrogen-bond donors (Lipinski definition) is 3. The zero-order valence-electron chi connectivity index (χ0n) is 5.29. The SMILES string of the molecule is CCC(O)NCC(=O)O. The Balaban J connectivity index is 3.16. The minimum absolute atomic E-state index is 0.186. The number of carboxylic acid groups (broad SMARTS) is 1. The number of hydrogen-bond acceptors (Lipinski definition) is 3. The molecular weight excluding hydrogens is 122 g/mol. The van der Waals surface area contributed by atoms with E-state index in [9.17, 15) is 4.79 Å². The Bertz CT molecular complexity index is 94.2. The van der Waals surface area contributed by atoms with Crippen LogP contribution in [0, 0.1) is 0 Å². The maximum Gasteiger partial charge on any atom is 0.317 e. The lowest BCUT2D eigenvalue weighted by atomic mass is 10.4. The van der Waals surface area contributed by atoms with Gasteiger partial charge in [0.15, 0.2) is 0 Å². The fourth-order valence-corrected chi connectivity index (χ4v) is 0.349. The van der Waals surface area contributed by atoms with Crippen LogP contribution >= 0.6 is 0 Å². The van der Waals surface area contributed by atoms with Crippen LogP contribution in [0.1, 0.15) is 13.3 Å². The molecule has 0 aromatic heterocycles. The molecule has 0 amide bonds. The number of aliphatic carboxylic acids is 1. The van der Waals surface area contributed by atoms with Gasteiger partial charge in [-0.15, -0.1) is 0 Å². The zero-order chi connectivity index (χ0) is 7.28. The van der Waals surface area contributed by atoms with E-state index in [1.54, 1.807) is 6.92 Å². The van der Waals surface area contributed by atoms with Crippen molar-refractivity contribution in [2.75, 3.05) is 6.54 Å². The van der Waals surface area contributed by atoms with Gasteiger partial charge in [-0.3, -0.25) is 10.1 Å². The van der Waals surface area contributed by atoms with E-state index >= 15 is 0 Å². The third kappa shape index (κ3) is 5.26. The van der Waals surface area contributed by atoms with E-state index in [0.29, 0.717) is 6.42 Å². The van der Waals surface area contributed by atoms with Gasteiger partial charge >= 0.3 is 5.97 Å². The normalized spacial score (nSPS) is 13.1. The Hall–Kier alpha value is -0.610. The molecule has 3 N–H and O–H groups in total. The van der Waals surface area contributed by atoms with Gasteiger partial charge in [0.1, 0.15) is 6.23 Å². The van der Waals surface area contributed by atoms with Crippen LogP contribution in [0.4, 0.5) is 0 Å². The average Bonchev–Trinajstić information content (AvgIpc) is 1.83. The molecule has 0 rings (SSSR count). The lowest BCUT2D eigenvalue weighted by Crippen LogP contribution is -2.32. The molecule has 1 atom stereocenters. The lowest BCUT2D eigenvalue weighted by Gasteiger charge is -2.06. The van der Waals surface area contributed by atoms with Crippen molar-refractivity contribution in [3.05, 3.63) is 0 Å². The Morgan fingerprint density at radius 2 is 2.33 bits per heavy atom. The monoisotopic (exact) mass is 133 g/mol. The van der Waals surface area contributed by atoms with Crippen LogP contribution in [0.25, 0.3) is 0 Å². The van der Waals surface area contributed by atoms with Gasteiger partial charge in [0.25, 0.3) is 0 Å². The van der Waals surface area contributed by atoms with Gasteiger partial charge < -0.3 is 10.2 Å². The van der Waals surface area contributed by atoms with Crippen LogP contribution in [0.5, 0.6) is 0 Å². The first-order valence-corrected chi connectivity index (χ1v) is 2.80. The highest BCUT2D eigenvalue weighted by Gasteiger charge is 2.00. The highest BCUT2D eigenvalue weighted by Crippen LogP contribution is 1.81. The molecule has 4 nitrogen and oxygen atoms in total. The van der Waals surface area contributed by atoms with E-state index < -0.39 is 12.2 Å². The summed E-state index contributed by atoms with van der Waals surface area (Å²) in [7, 11) is 0. The van der Waals surface area contributed by atoms with Gasteiger partial charge in [0.2, 0.25) is 0 Å². The fraction of sp³-hybridized carbons (Fsp3) is 0.800. The van der Waals surface area contributed by atoms with Crippen LogP contribution in [-0.4, -0.2) is 29.0 Å². The van der Waals surface area contributed by atoms with Crippen LogP contribution < -0.4 is 5.32 Å². The highest BCUT2D eigenvalue weighted by atomic mass is 16.4. The highest BCUT2D eigenvalue weighted by molar-refractivity contribution is 5.68. The minimum Gasteiger partial charge on any atom is -0.480 e. The average molecular weight is 133 g/mol. The molecule has 0 aliphatic heterocycles. The molecule has 0 bridgehead atoms. The van der Waals surface area contributed by atoms with E-state index in [2.05, 4.69) is 5.32 Å². The molecule has 0 aliphatic rings. The van der Waals surface area contributed by atoms with E-state index in [1.807, 2.05) is 0 Å². The summed E-state index contributed by atoms with van der Waals surface area (Å²) in [4.78, 5) is 9.85. The molecule has 0 heterocycles. The molecule has 0 aromatic rings. The minimum atomic E-state index is -0.956. The van der Waals surface area contributed by atoms with Crippen molar-refractivity contribution in [3.63, 3.8) is 0 Å². The molecule has 9 heavy (non-hydrogen) atoms. The molecule has 0 saturated heterocycles. The molecule has 0 saturated carbocycles. The number of carboxylic acids is 1. The van der Waals surface area contributed by atoms with E-state index in [4.69, 9.17) is 10.2 Å². The van der Waals surface area contributed by atoms with Gasteiger partial charge in [-0.25, -0.2) is 0 Å². The van der Waals surface area contributed by atoms with Crippen LogP contribution in [0.2, 0.25) is 0 Å². The van der Waals surface area contributed by atoms with Crippen molar-refractivity contribution in [3.8, 4) is 0 Å². The second-order valence-electron chi connectivity index (χ2n) is 1.70. The van der Waals surface area contributed by atoms with Crippen LogP contribution in [-0.2, 0) is 4.79 Å². The second kappa shape index (κ2) is 4.29. The zero-order valence-corrected chi connectivity index (χ0v) is 5.29. The molecule has 4 heteroatoms. The largest absolute Gasteiger partial charge is 0.480 e. The van der Waals surface area contributed by atoms with Crippen LogP contribution in [0.15, 0.2) is 0 Å². The van der Waals surface area contributed by atoms with E-state index in [-0.39, 0.29) is 6.54 Å². The molecular formula is C5H11NO3. The van der Waals surface area contributed by atoms with Crippen molar-refractivity contribution in [2.45, 2.75) is 19.6 Å².